The minimum absolute atomic E-state index is 0.121. The van der Waals surface area contributed by atoms with Crippen molar-refractivity contribution < 1.29 is 28.6 Å². The molecule has 1 atom stereocenters. The van der Waals surface area contributed by atoms with Crippen molar-refractivity contribution in [3.63, 3.8) is 0 Å². The van der Waals surface area contributed by atoms with Gasteiger partial charge in [0.1, 0.15) is 13.2 Å². The second kappa shape index (κ2) is 58.6. The predicted octanol–water partition coefficient (Wildman–Crippen LogP) is 19.9. The Balaban J connectivity index is 4.53. The van der Waals surface area contributed by atoms with Gasteiger partial charge in [0.15, 0.2) is 6.10 Å². The summed E-state index contributed by atoms with van der Waals surface area (Å²) in [6, 6.07) is 0. The molecule has 0 aliphatic rings. The highest BCUT2D eigenvalue weighted by Crippen LogP contribution is 2.16. The molecule has 0 aliphatic carbocycles. The van der Waals surface area contributed by atoms with E-state index in [0.717, 1.165) is 89.9 Å². The second-order valence-corrected chi connectivity index (χ2v) is 19.2. The third-order valence-electron chi connectivity index (χ3n) is 12.3. The number of unbranched alkanes of at least 4 members (excludes halogenated alkanes) is 23. The Morgan fingerprint density at radius 1 is 0.296 bits per heavy atom. The van der Waals surface area contributed by atoms with Crippen LogP contribution in [0.5, 0.6) is 0 Å². The van der Waals surface area contributed by atoms with Gasteiger partial charge in [-0.3, -0.25) is 14.4 Å². The lowest BCUT2D eigenvalue weighted by atomic mass is 10.0. The summed E-state index contributed by atoms with van der Waals surface area (Å²) in [6.45, 7) is 6.41. The molecule has 0 unspecified atom stereocenters. The van der Waals surface area contributed by atoms with Gasteiger partial charge >= 0.3 is 17.9 Å². The number of hydrogen-bond acceptors (Lipinski definition) is 6. The van der Waals surface area contributed by atoms with E-state index in [1.165, 1.54) is 128 Å². The van der Waals surface area contributed by atoms with Crippen LogP contribution in [0.2, 0.25) is 0 Å². The molecule has 0 saturated heterocycles. The van der Waals surface area contributed by atoms with Crippen LogP contribution in [0.25, 0.3) is 0 Å². The van der Waals surface area contributed by atoms with E-state index in [1.54, 1.807) is 0 Å². The third kappa shape index (κ3) is 56.9. The first kappa shape index (κ1) is 67.1. The van der Waals surface area contributed by atoms with E-state index >= 15 is 0 Å². The van der Waals surface area contributed by atoms with Crippen molar-refractivity contribution in [3.8, 4) is 0 Å². The van der Waals surface area contributed by atoms with Crippen molar-refractivity contribution in [3.05, 3.63) is 109 Å². The molecule has 0 N–H and O–H groups in total. The lowest BCUT2D eigenvalue weighted by molar-refractivity contribution is -0.166. The number of allylic oxidation sites excluding steroid dienone is 18. The molecule has 0 saturated carbocycles. The Morgan fingerprint density at radius 2 is 0.577 bits per heavy atom. The maximum atomic E-state index is 12.9. The van der Waals surface area contributed by atoms with E-state index in [0.29, 0.717) is 19.3 Å². The van der Waals surface area contributed by atoms with Crippen LogP contribution >= 0.6 is 0 Å². The fourth-order valence-corrected chi connectivity index (χ4v) is 7.89. The van der Waals surface area contributed by atoms with Gasteiger partial charge in [-0.25, -0.2) is 0 Å². The number of rotatable bonds is 52. The molecule has 0 aliphatic heterocycles. The average Bonchev–Trinajstić information content (AvgIpc) is 3.37. The minimum atomic E-state index is -0.825. The highest BCUT2D eigenvalue weighted by molar-refractivity contribution is 5.71. The highest BCUT2D eigenvalue weighted by atomic mass is 16.6. The fraction of sp³-hybridized carbons (Fsp3) is 0.677. The molecule has 0 radical (unpaired) electrons. The predicted molar refractivity (Wildman–Crippen MR) is 307 cm³/mol. The van der Waals surface area contributed by atoms with Gasteiger partial charge < -0.3 is 14.2 Å². The largest absolute Gasteiger partial charge is 0.462 e. The fourth-order valence-electron chi connectivity index (χ4n) is 7.89. The van der Waals surface area contributed by atoms with E-state index in [4.69, 9.17) is 14.2 Å². The monoisotopic (exact) mass is 985 g/mol. The Bertz CT molecular complexity index is 1460. The molecule has 0 rings (SSSR count). The molecule has 0 fully saturated rings. The molecule has 0 bridgehead atoms. The summed E-state index contributed by atoms with van der Waals surface area (Å²) in [5, 5.41) is 0. The zero-order chi connectivity index (χ0) is 51.4. The van der Waals surface area contributed by atoms with E-state index in [1.807, 2.05) is 6.08 Å². The Labute approximate surface area is 438 Å². The molecule has 0 spiro atoms. The summed E-state index contributed by atoms with van der Waals surface area (Å²) >= 11 is 0. The van der Waals surface area contributed by atoms with Crippen LogP contribution in [0.1, 0.15) is 265 Å². The Kier molecular flexibility index (Phi) is 55.4. The molecule has 0 aromatic rings. The molecule has 71 heavy (non-hydrogen) atoms. The van der Waals surface area contributed by atoms with Crippen molar-refractivity contribution >= 4 is 17.9 Å². The molecular formula is C65H108O6. The number of esters is 3. The molecule has 0 aromatic carbocycles. The van der Waals surface area contributed by atoms with Gasteiger partial charge in [0.25, 0.3) is 0 Å². The lowest BCUT2D eigenvalue weighted by Gasteiger charge is -2.18. The number of carbonyl (C=O) groups is 3. The van der Waals surface area contributed by atoms with Crippen molar-refractivity contribution in [2.75, 3.05) is 13.2 Å². The van der Waals surface area contributed by atoms with Crippen LogP contribution in [-0.4, -0.2) is 37.2 Å². The number of ether oxygens (including phenoxy) is 3. The SMILES string of the molecule is CC/C=C\C/C=C\C/C=C\C/C=C\C/C=C\C/C=C\CCC(=O)OC[C@@H](COC(=O)CCCC/C=C\C/C=C\C/C=C\CCCCC)OC(=O)CCCCCCCCCCCCCCCCCCCCC. The molecule has 404 valence electrons. The van der Waals surface area contributed by atoms with Crippen LogP contribution < -0.4 is 0 Å². The van der Waals surface area contributed by atoms with E-state index in [9.17, 15) is 14.4 Å². The van der Waals surface area contributed by atoms with Crippen molar-refractivity contribution in [1.29, 1.82) is 0 Å². The van der Waals surface area contributed by atoms with Crippen molar-refractivity contribution in [2.45, 2.75) is 271 Å². The first-order chi connectivity index (χ1) is 35.0. The van der Waals surface area contributed by atoms with Crippen LogP contribution in [0.3, 0.4) is 0 Å². The molecule has 6 nitrogen and oxygen atoms in total. The molecule has 6 heteroatoms. The Morgan fingerprint density at radius 3 is 0.972 bits per heavy atom. The summed E-state index contributed by atoms with van der Waals surface area (Å²) < 4.78 is 16.8. The first-order valence-electron chi connectivity index (χ1n) is 29.4. The lowest BCUT2D eigenvalue weighted by Crippen LogP contribution is -2.30. The number of carbonyl (C=O) groups excluding carboxylic acids is 3. The number of hydrogen-bond donors (Lipinski definition) is 0. The van der Waals surface area contributed by atoms with Crippen LogP contribution in [0.4, 0.5) is 0 Å². The van der Waals surface area contributed by atoms with Gasteiger partial charge in [0, 0.05) is 19.3 Å². The van der Waals surface area contributed by atoms with Crippen LogP contribution in [-0.2, 0) is 28.6 Å². The zero-order valence-electron chi connectivity index (χ0n) is 46.2. The highest BCUT2D eigenvalue weighted by Gasteiger charge is 2.19. The quantitative estimate of drug-likeness (QED) is 0.0261. The van der Waals surface area contributed by atoms with Crippen LogP contribution in [0, 0.1) is 0 Å². The molecular weight excluding hydrogens is 877 g/mol. The molecule has 0 amide bonds. The summed E-state index contributed by atoms with van der Waals surface area (Å²) in [4.78, 5) is 38.1. The van der Waals surface area contributed by atoms with Gasteiger partial charge in [0.2, 0.25) is 0 Å². The second-order valence-electron chi connectivity index (χ2n) is 19.2. The summed E-state index contributed by atoms with van der Waals surface area (Å²) in [5.41, 5.74) is 0. The zero-order valence-corrected chi connectivity index (χ0v) is 46.2. The van der Waals surface area contributed by atoms with E-state index in [2.05, 4.69) is 124 Å². The molecule has 0 heterocycles. The van der Waals surface area contributed by atoms with Gasteiger partial charge in [-0.05, 0) is 96.3 Å². The maximum Gasteiger partial charge on any atom is 0.306 e. The van der Waals surface area contributed by atoms with Crippen molar-refractivity contribution in [1.82, 2.24) is 0 Å². The van der Waals surface area contributed by atoms with Gasteiger partial charge in [-0.15, -0.1) is 0 Å². The maximum absolute atomic E-state index is 12.9. The minimum Gasteiger partial charge on any atom is -0.462 e. The van der Waals surface area contributed by atoms with Crippen LogP contribution in [0.15, 0.2) is 109 Å². The Hall–Kier alpha value is -3.93. The smallest absolute Gasteiger partial charge is 0.306 e. The summed E-state index contributed by atoms with van der Waals surface area (Å²) in [7, 11) is 0. The average molecular weight is 986 g/mol. The summed E-state index contributed by atoms with van der Waals surface area (Å²) in [6.07, 6.45) is 79.5. The van der Waals surface area contributed by atoms with Gasteiger partial charge in [-0.2, -0.15) is 0 Å². The first-order valence-corrected chi connectivity index (χ1v) is 29.4. The summed E-state index contributed by atoms with van der Waals surface area (Å²) in [5.74, 6) is -1.04. The topological polar surface area (TPSA) is 78.9 Å². The van der Waals surface area contributed by atoms with Gasteiger partial charge in [-0.1, -0.05) is 259 Å². The molecule has 0 aromatic heterocycles. The normalized spacial score (nSPS) is 12.9. The van der Waals surface area contributed by atoms with Gasteiger partial charge in [0.05, 0.1) is 0 Å². The standard InChI is InChI=1S/C65H108O6/c1-4-7-10-13-16-19-22-25-28-30-32-34-37-40-43-46-49-52-55-58-64(67)70-61-62(60-69-63(66)57-54-51-48-45-42-39-36-27-24-21-18-15-12-9-6-3)71-65(68)59-56-53-50-47-44-41-38-35-33-31-29-26-23-20-17-14-11-8-5-2/h7,10,16,18-19,21,25,27-28,32,34,36,40,42-43,45,49,52,62H,4-6,8-9,11-15,17,20,22-24,26,29-31,33,35,37-39,41,44,46-48,50-51,53-61H2,1-3H3/b10-7-,19-16-,21-18-,28-25-,34-32-,36-27-,43-40-,45-42-,52-49-/t62-/m1/s1. The van der Waals surface area contributed by atoms with E-state index < -0.39 is 6.10 Å². The van der Waals surface area contributed by atoms with E-state index in [-0.39, 0.29) is 37.5 Å². The third-order valence-corrected chi connectivity index (χ3v) is 12.3. The van der Waals surface area contributed by atoms with Crippen molar-refractivity contribution in [2.24, 2.45) is 0 Å².